The summed E-state index contributed by atoms with van der Waals surface area (Å²) in [5.41, 5.74) is 0.618. The van der Waals surface area contributed by atoms with Crippen LogP contribution in [-0.4, -0.2) is 41.5 Å². The van der Waals surface area contributed by atoms with Gasteiger partial charge in [-0.1, -0.05) is 6.08 Å². The minimum atomic E-state index is -4.90. The van der Waals surface area contributed by atoms with Gasteiger partial charge in [0.25, 0.3) is 0 Å². The monoisotopic (exact) mass is 357 g/mol. The first-order valence-corrected chi connectivity index (χ1v) is 6.64. The molecule has 8 heteroatoms. The number of carbonyl (C=O) groups excluding carboxylic acids is 1. The van der Waals surface area contributed by atoms with E-state index in [1.165, 1.54) is 7.11 Å². The summed E-state index contributed by atoms with van der Waals surface area (Å²) in [7, 11) is 1.48. The number of amides is 1. The molecule has 0 aromatic heterocycles. The van der Waals surface area contributed by atoms with Crippen molar-refractivity contribution < 1.29 is 27.8 Å². The van der Waals surface area contributed by atoms with Gasteiger partial charge >= 0.3 is 12.1 Å². The van der Waals surface area contributed by atoms with E-state index in [4.69, 9.17) is 4.74 Å². The molecule has 2 unspecified atom stereocenters. The van der Waals surface area contributed by atoms with E-state index in [1.807, 2.05) is 0 Å². The fraction of sp³-hybridized carbons (Fsp3) is 0.583. The molecule has 4 nitrogen and oxygen atoms in total. The summed E-state index contributed by atoms with van der Waals surface area (Å²) in [5, 5.41) is 11.6. The summed E-state index contributed by atoms with van der Waals surface area (Å²) < 4.78 is 40.2. The summed E-state index contributed by atoms with van der Waals surface area (Å²) in [6, 6.07) is 0. The topological polar surface area (TPSA) is 58.6 Å². The maximum Gasteiger partial charge on any atom is 0.471 e. The number of rotatable bonds is 5. The lowest BCUT2D eigenvalue weighted by molar-refractivity contribution is -0.173. The van der Waals surface area contributed by atoms with E-state index in [1.54, 1.807) is 23.5 Å². The number of allylic oxidation sites excluding steroid dienone is 1. The number of ether oxygens (including phenoxy) is 1. The first-order valence-electron chi connectivity index (χ1n) is 5.84. The lowest BCUT2D eigenvalue weighted by Gasteiger charge is -2.25. The first-order chi connectivity index (χ1) is 9.18. The third kappa shape index (κ3) is 4.92. The number of hydrogen-bond donors (Lipinski definition) is 2. The van der Waals surface area contributed by atoms with Gasteiger partial charge in [0.15, 0.2) is 4.51 Å². The highest BCUT2D eigenvalue weighted by Crippen LogP contribution is 2.31. The lowest BCUT2D eigenvalue weighted by Crippen LogP contribution is -2.38. The molecule has 20 heavy (non-hydrogen) atoms. The summed E-state index contributed by atoms with van der Waals surface area (Å²) in [4.78, 5) is 10.6. The number of halogens is 4. The zero-order valence-corrected chi connectivity index (χ0v) is 12.3. The predicted octanol–water partition coefficient (Wildman–Crippen LogP) is 2.04. The van der Waals surface area contributed by atoms with Crippen LogP contribution in [0.4, 0.5) is 13.2 Å². The van der Waals surface area contributed by atoms with Crippen LogP contribution in [0.1, 0.15) is 12.8 Å². The van der Waals surface area contributed by atoms with Crippen molar-refractivity contribution >= 4 is 21.8 Å². The van der Waals surface area contributed by atoms with Gasteiger partial charge in [-0.3, -0.25) is 4.79 Å². The van der Waals surface area contributed by atoms with Gasteiger partial charge in [0.05, 0.1) is 6.10 Å². The normalized spacial score (nSPS) is 24.2. The van der Waals surface area contributed by atoms with Crippen LogP contribution in [0.5, 0.6) is 0 Å². The highest BCUT2D eigenvalue weighted by Gasteiger charge is 2.38. The number of aliphatic hydroxyl groups is 1. The molecule has 1 aliphatic rings. The molecule has 0 heterocycles. The van der Waals surface area contributed by atoms with Crippen LogP contribution in [0.3, 0.4) is 0 Å². The third-order valence-corrected chi connectivity index (χ3v) is 3.60. The Kier molecular flexibility index (Phi) is 5.79. The Morgan fingerprint density at radius 3 is 2.85 bits per heavy atom. The van der Waals surface area contributed by atoms with Gasteiger partial charge in [-0.25, -0.2) is 0 Å². The van der Waals surface area contributed by atoms with Crippen molar-refractivity contribution in [1.82, 2.24) is 5.32 Å². The molecule has 0 aliphatic heterocycles. The van der Waals surface area contributed by atoms with Crippen LogP contribution in [0.25, 0.3) is 0 Å². The second kappa shape index (κ2) is 6.73. The van der Waals surface area contributed by atoms with Crippen LogP contribution in [0.15, 0.2) is 23.8 Å². The van der Waals surface area contributed by atoms with Gasteiger partial charge in [0.1, 0.15) is 0 Å². The molecule has 0 bridgehead atoms. The minimum Gasteiger partial charge on any atom is -0.389 e. The second-order valence-electron chi connectivity index (χ2n) is 4.29. The Bertz CT molecular complexity index is 423. The summed E-state index contributed by atoms with van der Waals surface area (Å²) in [6.45, 7) is -0.261. The third-order valence-electron chi connectivity index (χ3n) is 2.78. The van der Waals surface area contributed by atoms with Gasteiger partial charge in [-0.2, -0.15) is 13.2 Å². The Labute approximate surface area is 122 Å². The molecule has 1 aliphatic carbocycles. The Hall–Kier alpha value is -0.860. The van der Waals surface area contributed by atoms with Gasteiger partial charge in [0.2, 0.25) is 0 Å². The molecule has 114 valence electrons. The van der Waals surface area contributed by atoms with E-state index >= 15 is 0 Å². The summed E-state index contributed by atoms with van der Waals surface area (Å²) in [5.74, 6) is -2.01. The highest BCUT2D eigenvalue weighted by atomic mass is 79.9. The fourth-order valence-corrected chi connectivity index (χ4v) is 2.16. The summed E-state index contributed by atoms with van der Waals surface area (Å²) in [6.07, 6.45) is -0.179. The van der Waals surface area contributed by atoms with Gasteiger partial charge < -0.3 is 15.2 Å². The number of alkyl halides is 4. The van der Waals surface area contributed by atoms with Crippen molar-refractivity contribution in [2.75, 3.05) is 13.7 Å². The maximum absolute atomic E-state index is 12.0. The highest BCUT2D eigenvalue weighted by molar-refractivity contribution is 9.10. The Morgan fingerprint density at radius 2 is 2.30 bits per heavy atom. The van der Waals surface area contributed by atoms with Crippen molar-refractivity contribution in [3.8, 4) is 0 Å². The Balaban J connectivity index is 2.48. The average Bonchev–Trinajstić information content (AvgIpc) is 2.37. The van der Waals surface area contributed by atoms with Crippen molar-refractivity contribution in [3.63, 3.8) is 0 Å². The number of methoxy groups -OCH3 is 1. The van der Waals surface area contributed by atoms with Crippen molar-refractivity contribution in [3.05, 3.63) is 23.8 Å². The fourth-order valence-electron chi connectivity index (χ4n) is 1.68. The molecule has 0 saturated heterocycles. The SMILES string of the molecule is COC1(Br)C=CCC(C(O)CCNC(=O)C(F)(F)F)=C1. The number of carbonyl (C=O) groups is 1. The van der Waals surface area contributed by atoms with E-state index in [2.05, 4.69) is 15.9 Å². The first kappa shape index (κ1) is 17.2. The van der Waals surface area contributed by atoms with Gasteiger partial charge in [0, 0.05) is 13.7 Å². The van der Waals surface area contributed by atoms with Crippen LogP contribution >= 0.6 is 15.9 Å². The van der Waals surface area contributed by atoms with E-state index in [9.17, 15) is 23.1 Å². The molecule has 0 saturated carbocycles. The molecule has 0 aromatic carbocycles. The van der Waals surface area contributed by atoms with Crippen LogP contribution in [0.2, 0.25) is 0 Å². The largest absolute Gasteiger partial charge is 0.471 e. The van der Waals surface area contributed by atoms with Crippen LogP contribution in [-0.2, 0) is 9.53 Å². The standard InChI is InChI=1S/C12H15BrF3NO3/c1-20-11(13)5-2-3-8(7-11)9(18)4-6-17-10(19)12(14,15)16/h2,5,7,9,18H,3-4,6H2,1H3,(H,17,19). The maximum atomic E-state index is 12.0. The van der Waals surface area contributed by atoms with E-state index in [0.29, 0.717) is 12.0 Å². The van der Waals surface area contributed by atoms with Crippen LogP contribution in [0, 0.1) is 0 Å². The molecular weight excluding hydrogens is 343 g/mol. The van der Waals surface area contributed by atoms with Gasteiger partial charge in [-0.15, -0.1) is 0 Å². The number of hydrogen-bond acceptors (Lipinski definition) is 3. The van der Waals surface area contributed by atoms with E-state index in [0.717, 1.165) is 0 Å². The van der Waals surface area contributed by atoms with E-state index < -0.39 is 22.7 Å². The van der Waals surface area contributed by atoms with Crippen molar-refractivity contribution in [2.24, 2.45) is 0 Å². The zero-order valence-electron chi connectivity index (χ0n) is 10.7. The predicted molar refractivity (Wildman–Crippen MR) is 70.2 cm³/mol. The molecule has 0 spiro atoms. The molecule has 2 N–H and O–H groups in total. The molecule has 0 aromatic rings. The van der Waals surface area contributed by atoms with E-state index in [-0.39, 0.29) is 13.0 Å². The van der Waals surface area contributed by atoms with Crippen molar-refractivity contribution in [1.29, 1.82) is 0 Å². The smallest absolute Gasteiger partial charge is 0.389 e. The Morgan fingerprint density at radius 1 is 1.65 bits per heavy atom. The molecule has 0 radical (unpaired) electrons. The van der Waals surface area contributed by atoms with Gasteiger partial charge in [-0.05, 0) is 46.5 Å². The van der Waals surface area contributed by atoms with Crippen molar-refractivity contribution in [2.45, 2.75) is 29.6 Å². The van der Waals surface area contributed by atoms with Crippen LogP contribution < -0.4 is 5.32 Å². The lowest BCUT2D eigenvalue weighted by atomic mass is 9.97. The molecule has 2 atom stereocenters. The molecule has 0 fully saturated rings. The average molecular weight is 358 g/mol. The summed E-state index contributed by atoms with van der Waals surface area (Å²) >= 11 is 3.31. The number of nitrogens with one attached hydrogen (secondary N) is 1. The number of aliphatic hydroxyl groups excluding tert-OH is 1. The molecule has 1 rings (SSSR count). The molecular formula is C12H15BrF3NO3. The zero-order chi connectivity index (χ0) is 15.4. The second-order valence-corrected chi connectivity index (χ2v) is 5.53. The minimum absolute atomic E-state index is 0.00567. The quantitative estimate of drug-likeness (QED) is 0.584. The molecule has 1 amide bonds.